The number of carboxylic acids is 1. The number of nitrogens with one attached hydrogen (secondary N) is 1. The van der Waals surface area contributed by atoms with Crippen molar-refractivity contribution in [1.29, 1.82) is 0 Å². The fourth-order valence-corrected chi connectivity index (χ4v) is 2.08. The van der Waals surface area contributed by atoms with Crippen LogP contribution in [0.5, 0.6) is 5.88 Å². The molecule has 2 amide bonds. The molecule has 1 aliphatic heterocycles. The van der Waals surface area contributed by atoms with E-state index in [0.29, 0.717) is 37.7 Å². The minimum Gasteiger partial charge on any atom is -0.481 e. The number of nitrogens with zero attached hydrogens (tertiary/aromatic N) is 3. The van der Waals surface area contributed by atoms with Crippen molar-refractivity contribution in [3.63, 3.8) is 0 Å². The van der Waals surface area contributed by atoms with Gasteiger partial charge in [-0.2, -0.15) is 0 Å². The first-order valence-corrected chi connectivity index (χ1v) is 6.58. The molecule has 0 spiro atoms. The molecule has 2 heterocycles. The largest absolute Gasteiger partial charge is 0.481 e. The average Bonchev–Trinajstić information content (AvgIpc) is 2.48. The highest BCUT2D eigenvalue weighted by Crippen LogP contribution is 2.12. The summed E-state index contributed by atoms with van der Waals surface area (Å²) >= 11 is 0. The van der Waals surface area contributed by atoms with Gasteiger partial charge in [0, 0.05) is 32.2 Å². The van der Waals surface area contributed by atoms with Crippen molar-refractivity contribution in [3.8, 4) is 5.88 Å². The molecule has 0 aromatic carbocycles. The maximum atomic E-state index is 12.1. The number of piperazine rings is 1. The molecule has 0 bridgehead atoms. The van der Waals surface area contributed by atoms with Crippen LogP contribution in [0.15, 0.2) is 18.3 Å². The zero-order valence-corrected chi connectivity index (χ0v) is 11.8. The molecule has 2 rings (SSSR count). The third kappa shape index (κ3) is 4.32. The topological polar surface area (TPSA) is 95.0 Å². The molecule has 1 aromatic rings. The van der Waals surface area contributed by atoms with E-state index in [9.17, 15) is 9.59 Å². The molecule has 0 aliphatic carbocycles. The lowest BCUT2D eigenvalue weighted by atomic mass is 10.3. The zero-order chi connectivity index (χ0) is 15.2. The van der Waals surface area contributed by atoms with Crippen molar-refractivity contribution in [3.05, 3.63) is 18.3 Å². The molecular formula is C13H18N4O4. The van der Waals surface area contributed by atoms with Gasteiger partial charge < -0.3 is 20.1 Å². The normalized spacial score (nSPS) is 15.6. The zero-order valence-electron chi connectivity index (χ0n) is 11.8. The first-order valence-electron chi connectivity index (χ1n) is 6.58. The Kier molecular flexibility index (Phi) is 4.94. The summed E-state index contributed by atoms with van der Waals surface area (Å²) in [7, 11) is 1.52. The van der Waals surface area contributed by atoms with Gasteiger partial charge in [0.25, 0.3) is 0 Å². The summed E-state index contributed by atoms with van der Waals surface area (Å²) in [5.74, 6) is -0.368. The highest BCUT2D eigenvalue weighted by atomic mass is 16.5. The Labute approximate surface area is 122 Å². The predicted molar refractivity (Wildman–Crippen MR) is 75.5 cm³/mol. The van der Waals surface area contributed by atoms with E-state index in [-0.39, 0.29) is 12.6 Å². The summed E-state index contributed by atoms with van der Waals surface area (Å²) in [6.45, 7) is 2.13. The Balaban J connectivity index is 1.82. The maximum absolute atomic E-state index is 12.1. The number of rotatable bonds is 4. The van der Waals surface area contributed by atoms with Gasteiger partial charge in [0.1, 0.15) is 0 Å². The molecule has 114 valence electrons. The Hall–Kier alpha value is -2.35. The minimum atomic E-state index is -0.850. The lowest BCUT2D eigenvalue weighted by molar-refractivity contribution is -0.138. The number of amides is 2. The predicted octanol–water partition coefficient (Wildman–Crippen LogP) is 0.324. The van der Waals surface area contributed by atoms with Crippen LogP contribution in [-0.4, -0.2) is 71.7 Å². The van der Waals surface area contributed by atoms with Crippen LogP contribution in [0.2, 0.25) is 0 Å². The fourth-order valence-electron chi connectivity index (χ4n) is 2.08. The first-order chi connectivity index (χ1) is 10.1. The second kappa shape index (κ2) is 6.89. The number of carboxylic acid groups (broad SMARTS) is 1. The monoisotopic (exact) mass is 294 g/mol. The van der Waals surface area contributed by atoms with E-state index in [2.05, 4.69) is 10.3 Å². The highest BCUT2D eigenvalue weighted by molar-refractivity contribution is 5.89. The summed E-state index contributed by atoms with van der Waals surface area (Å²) in [6.07, 6.45) is 1.53. The number of ether oxygens (including phenoxy) is 1. The van der Waals surface area contributed by atoms with Crippen LogP contribution in [0.4, 0.5) is 10.5 Å². The summed E-state index contributed by atoms with van der Waals surface area (Å²) < 4.78 is 4.95. The van der Waals surface area contributed by atoms with Gasteiger partial charge >= 0.3 is 12.0 Å². The Morgan fingerprint density at radius 1 is 1.33 bits per heavy atom. The first kappa shape index (κ1) is 15.0. The smallest absolute Gasteiger partial charge is 0.321 e. The number of hydrogen-bond acceptors (Lipinski definition) is 5. The summed E-state index contributed by atoms with van der Waals surface area (Å²) in [4.78, 5) is 30.2. The maximum Gasteiger partial charge on any atom is 0.321 e. The van der Waals surface area contributed by atoms with Gasteiger partial charge in [-0.25, -0.2) is 9.78 Å². The van der Waals surface area contributed by atoms with Crippen LogP contribution in [0.25, 0.3) is 0 Å². The SMILES string of the molecule is COc1ccc(NC(=O)N2CCN(CC(=O)O)CC2)cn1. The van der Waals surface area contributed by atoms with Gasteiger partial charge in [-0.3, -0.25) is 9.69 Å². The number of pyridine rings is 1. The van der Waals surface area contributed by atoms with E-state index in [1.54, 1.807) is 21.9 Å². The summed E-state index contributed by atoms with van der Waals surface area (Å²) in [5, 5.41) is 11.5. The van der Waals surface area contributed by atoms with Crippen molar-refractivity contribution in [1.82, 2.24) is 14.8 Å². The van der Waals surface area contributed by atoms with Crippen LogP contribution in [0.1, 0.15) is 0 Å². The number of anilines is 1. The van der Waals surface area contributed by atoms with Crippen LogP contribution in [0, 0.1) is 0 Å². The average molecular weight is 294 g/mol. The third-order valence-electron chi connectivity index (χ3n) is 3.22. The second-order valence-corrected chi connectivity index (χ2v) is 4.68. The number of aromatic nitrogens is 1. The molecular weight excluding hydrogens is 276 g/mol. The van der Waals surface area contributed by atoms with Crippen LogP contribution in [0.3, 0.4) is 0 Å². The number of aliphatic carboxylic acids is 1. The molecule has 0 atom stereocenters. The molecule has 8 heteroatoms. The second-order valence-electron chi connectivity index (χ2n) is 4.68. The molecule has 1 saturated heterocycles. The summed E-state index contributed by atoms with van der Waals surface area (Å²) in [6, 6.07) is 3.17. The Bertz CT molecular complexity index is 497. The number of urea groups is 1. The molecule has 0 unspecified atom stereocenters. The lowest BCUT2D eigenvalue weighted by Crippen LogP contribution is -2.51. The Morgan fingerprint density at radius 3 is 2.57 bits per heavy atom. The van der Waals surface area contributed by atoms with Crippen molar-refractivity contribution in [2.45, 2.75) is 0 Å². The van der Waals surface area contributed by atoms with Gasteiger partial charge in [-0.05, 0) is 6.07 Å². The van der Waals surface area contributed by atoms with Crippen LogP contribution in [-0.2, 0) is 4.79 Å². The molecule has 1 aromatic heterocycles. The molecule has 2 N–H and O–H groups in total. The van der Waals surface area contributed by atoms with E-state index in [4.69, 9.17) is 9.84 Å². The van der Waals surface area contributed by atoms with Crippen LogP contribution >= 0.6 is 0 Å². The van der Waals surface area contributed by atoms with Crippen molar-refractivity contribution >= 4 is 17.7 Å². The molecule has 0 saturated carbocycles. The van der Waals surface area contributed by atoms with E-state index < -0.39 is 5.97 Å². The van der Waals surface area contributed by atoms with Gasteiger partial charge in [-0.15, -0.1) is 0 Å². The van der Waals surface area contributed by atoms with Gasteiger partial charge in [-0.1, -0.05) is 0 Å². The minimum absolute atomic E-state index is 0.0118. The van der Waals surface area contributed by atoms with Crippen molar-refractivity contribution in [2.24, 2.45) is 0 Å². The molecule has 1 aliphatic rings. The quantitative estimate of drug-likeness (QED) is 0.830. The van der Waals surface area contributed by atoms with E-state index in [0.717, 1.165) is 0 Å². The third-order valence-corrected chi connectivity index (χ3v) is 3.22. The van der Waals surface area contributed by atoms with Crippen LogP contribution < -0.4 is 10.1 Å². The van der Waals surface area contributed by atoms with Crippen molar-refractivity contribution in [2.75, 3.05) is 45.2 Å². The van der Waals surface area contributed by atoms with Gasteiger partial charge in [0.15, 0.2) is 0 Å². The van der Waals surface area contributed by atoms with E-state index in [1.807, 2.05) is 0 Å². The van der Waals surface area contributed by atoms with E-state index in [1.165, 1.54) is 13.3 Å². The highest BCUT2D eigenvalue weighted by Gasteiger charge is 2.22. The number of carbonyl (C=O) groups excluding carboxylic acids is 1. The molecule has 8 nitrogen and oxygen atoms in total. The fraction of sp³-hybridized carbons (Fsp3) is 0.462. The van der Waals surface area contributed by atoms with E-state index >= 15 is 0 Å². The molecule has 21 heavy (non-hydrogen) atoms. The van der Waals surface area contributed by atoms with Gasteiger partial charge in [0.2, 0.25) is 5.88 Å². The number of methoxy groups -OCH3 is 1. The number of carbonyl (C=O) groups is 2. The number of hydrogen-bond donors (Lipinski definition) is 2. The van der Waals surface area contributed by atoms with Crippen molar-refractivity contribution < 1.29 is 19.4 Å². The Morgan fingerprint density at radius 2 is 2.05 bits per heavy atom. The lowest BCUT2D eigenvalue weighted by Gasteiger charge is -2.33. The summed E-state index contributed by atoms with van der Waals surface area (Å²) in [5.41, 5.74) is 0.591. The molecule has 0 radical (unpaired) electrons. The standard InChI is InChI=1S/C13H18N4O4/c1-21-11-3-2-10(8-14-11)15-13(20)17-6-4-16(5-7-17)9-12(18)19/h2-3,8H,4-7,9H2,1H3,(H,15,20)(H,18,19). The van der Waals surface area contributed by atoms with Gasteiger partial charge in [0.05, 0.1) is 25.5 Å². The molecule has 1 fully saturated rings.